The van der Waals surface area contributed by atoms with Gasteiger partial charge in [-0.3, -0.25) is 25.2 Å². The number of aromatic nitrogens is 1. The van der Waals surface area contributed by atoms with E-state index in [0.29, 0.717) is 27.6 Å². The zero-order chi connectivity index (χ0) is 19.9. The van der Waals surface area contributed by atoms with Gasteiger partial charge in [0.15, 0.2) is 18.1 Å². The number of ether oxygens (including phenoxy) is 1. The van der Waals surface area contributed by atoms with Gasteiger partial charge in [0.1, 0.15) is 5.52 Å². The Hall–Kier alpha value is -3.39. The Morgan fingerprint density at radius 1 is 1.04 bits per heavy atom. The number of rotatable bonds is 6. The second-order valence-electron chi connectivity index (χ2n) is 5.75. The number of carbonyl (C=O) groups excluding carboxylic acids is 3. The quantitative estimate of drug-likeness (QED) is 0.484. The predicted molar refractivity (Wildman–Crippen MR) is 100 cm³/mol. The summed E-state index contributed by atoms with van der Waals surface area (Å²) in [6, 6.07) is 13.4. The summed E-state index contributed by atoms with van der Waals surface area (Å²) in [7, 11) is 0. The smallest absolute Gasteiger partial charge is 0.306 e. The minimum absolute atomic E-state index is 0.0111. The van der Waals surface area contributed by atoms with Crippen LogP contribution in [0.1, 0.15) is 22.7 Å². The number of aryl methyl sites for hydroxylation is 1. The summed E-state index contributed by atoms with van der Waals surface area (Å²) in [6.07, 6.45) is 0.264. The van der Waals surface area contributed by atoms with Gasteiger partial charge in [0, 0.05) is 17.0 Å². The molecule has 2 amide bonds. The molecule has 3 rings (SSSR count). The fraction of sp³-hybridized carbons (Fsp3) is 0.158. The second-order valence-corrected chi connectivity index (χ2v) is 6.18. The number of carbonyl (C=O) groups is 3. The SMILES string of the molecule is O=C(COC(=O)CCc1nc2ccccc2o1)NNC(=O)c1ccc(Cl)cc1. The summed E-state index contributed by atoms with van der Waals surface area (Å²) < 4.78 is 10.4. The molecule has 0 aliphatic carbocycles. The van der Waals surface area contributed by atoms with Crippen molar-refractivity contribution in [2.45, 2.75) is 12.8 Å². The van der Waals surface area contributed by atoms with Crippen molar-refractivity contribution in [1.82, 2.24) is 15.8 Å². The van der Waals surface area contributed by atoms with Crippen LogP contribution in [0.15, 0.2) is 52.9 Å². The number of oxazole rings is 1. The third kappa shape index (κ3) is 5.31. The molecule has 0 atom stereocenters. The van der Waals surface area contributed by atoms with Crippen LogP contribution < -0.4 is 10.9 Å². The molecule has 0 aliphatic heterocycles. The predicted octanol–water partition coefficient (Wildman–Crippen LogP) is 2.42. The first-order valence-corrected chi connectivity index (χ1v) is 8.74. The van der Waals surface area contributed by atoms with Crippen LogP contribution >= 0.6 is 11.6 Å². The molecule has 2 aromatic carbocycles. The van der Waals surface area contributed by atoms with Crippen molar-refractivity contribution < 1.29 is 23.5 Å². The first kappa shape index (κ1) is 19.4. The van der Waals surface area contributed by atoms with E-state index in [-0.39, 0.29) is 12.8 Å². The van der Waals surface area contributed by atoms with E-state index in [0.717, 1.165) is 0 Å². The molecule has 1 heterocycles. The molecule has 0 bridgehead atoms. The van der Waals surface area contributed by atoms with Gasteiger partial charge in [0.2, 0.25) is 0 Å². The number of benzene rings is 2. The molecule has 9 heteroatoms. The highest BCUT2D eigenvalue weighted by Gasteiger charge is 2.12. The van der Waals surface area contributed by atoms with E-state index in [4.69, 9.17) is 20.8 Å². The third-order valence-electron chi connectivity index (χ3n) is 3.67. The van der Waals surface area contributed by atoms with Crippen molar-refractivity contribution in [3.63, 3.8) is 0 Å². The first-order chi connectivity index (χ1) is 13.5. The van der Waals surface area contributed by atoms with Gasteiger partial charge in [0.05, 0.1) is 6.42 Å². The largest absolute Gasteiger partial charge is 0.455 e. The number of para-hydroxylation sites is 2. The maximum atomic E-state index is 11.8. The zero-order valence-corrected chi connectivity index (χ0v) is 15.4. The van der Waals surface area contributed by atoms with Crippen LogP contribution in [-0.4, -0.2) is 29.4 Å². The van der Waals surface area contributed by atoms with Crippen LogP contribution in [0, 0.1) is 0 Å². The Morgan fingerprint density at radius 3 is 2.54 bits per heavy atom. The molecule has 0 radical (unpaired) electrons. The van der Waals surface area contributed by atoms with Gasteiger partial charge in [-0.15, -0.1) is 0 Å². The van der Waals surface area contributed by atoms with Crippen LogP contribution in [0.3, 0.4) is 0 Å². The molecule has 8 nitrogen and oxygen atoms in total. The summed E-state index contributed by atoms with van der Waals surface area (Å²) in [5, 5.41) is 0.491. The lowest BCUT2D eigenvalue weighted by Crippen LogP contribution is -2.43. The van der Waals surface area contributed by atoms with E-state index < -0.39 is 24.4 Å². The van der Waals surface area contributed by atoms with Crippen LogP contribution in [0.2, 0.25) is 5.02 Å². The average molecular weight is 402 g/mol. The highest BCUT2D eigenvalue weighted by molar-refractivity contribution is 6.30. The molecule has 28 heavy (non-hydrogen) atoms. The summed E-state index contributed by atoms with van der Waals surface area (Å²) in [4.78, 5) is 39.5. The molecule has 0 spiro atoms. The molecular formula is C19H16ClN3O5. The maximum absolute atomic E-state index is 11.8. The van der Waals surface area contributed by atoms with E-state index in [1.54, 1.807) is 18.2 Å². The molecular weight excluding hydrogens is 386 g/mol. The monoisotopic (exact) mass is 401 g/mol. The number of amides is 2. The molecule has 3 aromatic rings. The second kappa shape index (κ2) is 9.01. The van der Waals surface area contributed by atoms with Crippen molar-refractivity contribution in [3.8, 4) is 0 Å². The Balaban J connectivity index is 1.37. The molecule has 0 unspecified atom stereocenters. The Bertz CT molecular complexity index is 967. The number of nitrogens with one attached hydrogen (secondary N) is 2. The maximum Gasteiger partial charge on any atom is 0.306 e. The van der Waals surface area contributed by atoms with Crippen molar-refractivity contribution in [2.75, 3.05) is 6.61 Å². The molecule has 0 fully saturated rings. The van der Waals surface area contributed by atoms with Crippen LogP contribution in [0.25, 0.3) is 11.1 Å². The molecule has 0 saturated heterocycles. The average Bonchev–Trinajstić information content (AvgIpc) is 3.12. The Morgan fingerprint density at radius 2 is 1.79 bits per heavy atom. The lowest BCUT2D eigenvalue weighted by atomic mass is 10.2. The van der Waals surface area contributed by atoms with E-state index in [9.17, 15) is 14.4 Å². The van der Waals surface area contributed by atoms with Gasteiger partial charge < -0.3 is 9.15 Å². The van der Waals surface area contributed by atoms with Gasteiger partial charge >= 0.3 is 5.97 Å². The normalized spacial score (nSPS) is 10.5. The Kier molecular flexibility index (Phi) is 6.23. The Labute approximate surface area is 164 Å². The fourth-order valence-corrected chi connectivity index (χ4v) is 2.42. The standard InChI is InChI=1S/C19H16ClN3O5/c20-13-7-5-12(6-8-13)19(26)23-22-16(24)11-27-18(25)10-9-17-21-14-3-1-2-4-15(14)28-17/h1-8H,9-11H2,(H,22,24)(H,23,26). The summed E-state index contributed by atoms with van der Waals surface area (Å²) in [6.45, 7) is -0.521. The lowest BCUT2D eigenvalue weighted by Gasteiger charge is -2.08. The zero-order valence-electron chi connectivity index (χ0n) is 14.6. The molecule has 1 aromatic heterocycles. The van der Waals surface area contributed by atoms with Gasteiger partial charge in [0.25, 0.3) is 11.8 Å². The summed E-state index contributed by atoms with van der Waals surface area (Å²) in [5.74, 6) is -1.36. The number of hydrogen-bond donors (Lipinski definition) is 2. The minimum atomic E-state index is -0.669. The number of esters is 1. The number of hydrogen-bond acceptors (Lipinski definition) is 6. The number of halogens is 1. The van der Waals surface area contributed by atoms with Crippen LogP contribution in [-0.2, 0) is 20.7 Å². The van der Waals surface area contributed by atoms with Gasteiger partial charge in [-0.05, 0) is 36.4 Å². The molecule has 0 aliphatic rings. The summed E-state index contributed by atoms with van der Waals surface area (Å²) in [5.41, 5.74) is 6.05. The molecule has 2 N–H and O–H groups in total. The first-order valence-electron chi connectivity index (χ1n) is 8.36. The van der Waals surface area contributed by atoms with E-state index in [1.807, 2.05) is 18.2 Å². The highest BCUT2D eigenvalue weighted by atomic mass is 35.5. The van der Waals surface area contributed by atoms with E-state index in [1.165, 1.54) is 12.1 Å². The topological polar surface area (TPSA) is 111 Å². The fourth-order valence-electron chi connectivity index (χ4n) is 2.29. The van der Waals surface area contributed by atoms with E-state index >= 15 is 0 Å². The van der Waals surface area contributed by atoms with Crippen molar-refractivity contribution in [1.29, 1.82) is 0 Å². The number of fused-ring (bicyclic) bond motifs is 1. The van der Waals surface area contributed by atoms with Crippen LogP contribution in [0.5, 0.6) is 0 Å². The highest BCUT2D eigenvalue weighted by Crippen LogP contribution is 2.15. The van der Waals surface area contributed by atoms with Gasteiger partial charge in [-0.25, -0.2) is 4.98 Å². The van der Waals surface area contributed by atoms with Gasteiger partial charge in [-0.1, -0.05) is 23.7 Å². The van der Waals surface area contributed by atoms with Crippen molar-refractivity contribution in [2.24, 2.45) is 0 Å². The summed E-state index contributed by atoms with van der Waals surface area (Å²) >= 11 is 5.74. The lowest BCUT2D eigenvalue weighted by molar-refractivity contribution is -0.148. The van der Waals surface area contributed by atoms with Crippen molar-refractivity contribution in [3.05, 3.63) is 65.0 Å². The van der Waals surface area contributed by atoms with Crippen LogP contribution in [0.4, 0.5) is 0 Å². The van der Waals surface area contributed by atoms with E-state index in [2.05, 4.69) is 15.8 Å². The number of hydrazine groups is 1. The molecule has 144 valence electrons. The molecule has 0 saturated carbocycles. The minimum Gasteiger partial charge on any atom is -0.455 e. The number of nitrogens with zero attached hydrogens (tertiary/aromatic N) is 1. The van der Waals surface area contributed by atoms with Gasteiger partial charge in [-0.2, -0.15) is 0 Å². The van der Waals surface area contributed by atoms with Crippen molar-refractivity contribution >= 4 is 40.5 Å². The third-order valence-corrected chi connectivity index (χ3v) is 3.92.